The zero-order valence-electron chi connectivity index (χ0n) is 15.7. The number of halogens is 1. The molecule has 0 saturated carbocycles. The van der Waals surface area contributed by atoms with Gasteiger partial charge in [-0.3, -0.25) is 14.2 Å². The first kappa shape index (κ1) is 18.6. The molecule has 1 amide bonds. The van der Waals surface area contributed by atoms with Crippen LogP contribution in [0.4, 0.5) is 10.1 Å². The molecular weight excluding hydrogens is 373 g/mol. The first-order valence-electron chi connectivity index (χ1n) is 9.05. The van der Waals surface area contributed by atoms with Gasteiger partial charge >= 0.3 is 0 Å². The Morgan fingerprint density at radius 2 is 1.97 bits per heavy atom. The summed E-state index contributed by atoms with van der Waals surface area (Å²) in [7, 11) is 0. The van der Waals surface area contributed by atoms with Crippen molar-refractivity contribution in [3.63, 3.8) is 0 Å². The van der Waals surface area contributed by atoms with Gasteiger partial charge in [0.1, 0.15) is 18.1 Å². The van der Waals surface area contributed by atoms with Crippen molar-refractivity contribution in [1.29, 1.82) is 0 Å². The van der Waals surface area contributed by atoms with Gasteiger partial charge in [-0.2, -0.15) is 0 Å². The van der Waals surface area contributed by atoms with E-state index < -0.39 is 11.4 Å². The first-order valence-corrected chi connectivity index (χ1v) is 9.05. The number of aryl methyl sites for hydroxylation is 1. The summed E-state index contributed by atoms with van der Waals surface area (Å²) in [5, 5.41) is 0.133. The molecule has 7 heteroatoms. The van der Waals surface area contributed by atoms with Crippen LogP contribution in [0, 0.1) is 12.7 Å². The number of hydrogen-bond acceptors (Lipinski definition) is 4. The molecule has 0 radical (unpaired) electrons. The molecule has 4 rings (SSSR count). The summed E-state index contributed by atoms with van der Waals surface area (Å²) in [5.41, 5.74) is 1.66. The van der Waals surface area contributed by atoms with E-state index in [2.05, 4.69) is 4.98 Å². The van der Waals surface area contributed by atoms with E-state index in [1.54, 1.807) is 23.3 Å². The Hall–Kier alpha value is -3.74. The largest absolute Gasteiger partial charge is 0.467 e. The van der Waals surface area contributed by atoms with Gasteiger partial charge in [-0.25, -0.2) is 9.37 Å². The summed E-state index contributed by atoms with van der Waals surface area (Å²) < 4.78 is 20.1. The number of rotatable bonds is 5. The standard InChI is InChI=1S/C22H18FN3O3/c1-15-4-7-17(8-5-15)26(12-18-3-2-10-29-18)21(27)13-25-14-24-20-9-6-16(23)11-19(20)22(25)28/h2-11,14H,12-13H2,1H3. The fourth-order valence-corrected chi connectivity index (χ4v) is 3.08. The molecule has 6 nitrogen and oxygen atoms in total. The zero-order valence-corrected chi connectivity index (χ0v) is 15.7. The number of furan rings is 1. The van der Waals surface area contributed by atoms with Crippen molar-refractivity contribution in [3.05, 3.63) is 94.7 Å². The van der Waals surface area contributed by atoms with Crippen molar-refractivity contribution in [2.45, 2.75) is 20.0 Å². The van der Waals surface area contributed by atoms with Crippen LogP contribution in [0.25, 0.3) is 10.9 Å². The third kappa shape index (κ3) is 3.94. The summed E-state index contributed by atoms with van der Waals surface area (Å²) in [5.74, 6) is -0.227. The third-order valence-electron chi connectivity index (χ3n) is 4.63. The highest BCUT2D eigenvalue weighted by Crippen LogP contribution is 2.19. The minimum Gasteiger partial charge on any atom is -0.467 e. The topological polar surface area (TPSA) is 68.3 Å². The van der Waals surface area contributed by atoms with E-state index in [4.69, 9.17) is 4.42 Å². The van der Waals surface area contributed by atoms with Crippen LogP contribution < -0.4 is 10.5 Å². The molecule has 0 aliphatic heterocycles. The number of benzene rings is 2. The van der Waals surface area contributed by atoms with Crippen LogP contribution in [-0.4, -0.2) is 15.5 Å². The van der Waals surface area contributed by atoms with Gasteiger partial charge in [0.05, 0.1) is 30.0 Å². The van der Waals surface area contributed by atoms with Gasteiger partial charge in [-0.05, 0) is 49.4 Å². The van der Waals surface area contributed by atoms with Gasteiger partial charge in [0.25, 0.3) is 5.56 Å². The van der Waals surface area contributed by atoms with Gasteiger partial charge in [-0.15, -0.1) is 0 Å². The van der Waals surface area contributed by atoms with E-state index in [9.17, 15) is 14.0 Å². The number of anilines is 1. The maximum Gasteiger partial charge on any atom is 0.261 e. The normalized spacial score (nSPS) is 11.0. The number of fused-ring (bicyclic) bond motifs is 1. The molecule has 0 unspecified atom stereocenters. The summed E-state index contributed by atoms with van der Waals surface area (Å²) in [6.45, 7) is 1.95. The molecule has 0 bridgehead atoms. The maximum atomic E-state index is 13.5. The van der Waals surface area contributed by atoms with Crippen molar-refractivity contribution in [3.8, 4) is 0 Å². The lowest BCUT2D eigenvalue weighted by atomic mass is 10.2. The van der Waals surface area contributed by atoms with Crippen LogP contribution in [0.15, 0.2) is 76.4 Å². The summed E-state index contributed by atoms with van der Waals surface area (Å²) >= 11 is 0. The molecule has 146 valence electrons. The average Bonchev–Trinajstić information content (AvgIpc) is 3.23. The highest BCUT2D eigenvalue weighted by molar-refractivity contribution is 5.93. The quantitative estimate of drug-likeness (QED) is 0.521. The highest BCUT2D eigenvalue weighted by Gasteiger charge is 2.19. The van der Waals surface area contributed by atoms with E-state index in [-0.39, 0.29) is 24.4 Å². The number of hydrogen-bond donors (Lipinski definition) is 0. The SMILES string of the molecule is Cc1ccc(N(Cc2ccco2)C(=O)Cn2cnc3ccc(F)cc3c2=O)cc1. The molecule has 0 fully saturated rings. The van der Waals surface area contributed by atoms with Crippen molar-refractivity contribution >= 4 is 22.5 Å². The summed E-state index contributed by atoms with van der Waals surface area (Å²) in [6, 6.07) is 14.8. The van der Waals surface area contributed by atoms with Gasteiger partial charge in [-0.1, -0.05) is 17.7 Å². The molecule has 2 aromatic carbocycles. The minimum absolute atomic E-state index is 0.133. The summed E-state index contributed by atoms with van der Waals surface area (Å²) in [6.07, 6.45) is 2.85. The molecule has 2 aromatic heterocycles. The van der Waals surface area contributed by atoms with Crippen LogP contribution >= 0.6 is 0 Å². The molecule has 0 N–H and O–H groups in total. The number of aromatic nitrogens is 2. The van der Waals surface area contributed by atoms with Gasteiger partial charge in [0.15, 0.2) is 0 Å². The predicted octanol–water partition coefficient (Wildman–Crippen LogP) is 3.67. The second-order valence-corrected chi connectivity index (χ2v) is 6.73. The average molecular weight is 391 g/mol. The monoisotopic (exact) mass is 391 g/mol. The van der Waals surface area contributed by atoms with E-state index in [0.29, 0.717) is 17.0 Å². The third-order valence-corrected chi connectivity index (χ3v) is 4.63. The molecule has 0 atom stereocenters. The zero-order chi connectivity index (χ0) is 20.4. The smallest absolute Gasteiger partial charge is 0.261 e. The van der Waals surface area contributed by atoms with Gasteiger partial charge in [0, 0.05) is 5.69 Å². The van der Waals surface area contributed by atoms with Crippen molar-refractivity contribution < 1.29 is 13.6 Å². The number of carbonyl (C=O) groups excluding carboxylic acids is 1. The van der Waals surface area contributed by atoms with E-state index in [0.717, 1.165) is 11.6 Å². The Morgan fingerprint density at radius 1 is 1.17 bits per heavy atom. The van der Waals surface area contributed by atoms with Crippen molar-refractivity contribution in [1.82, 2.24) is 9.55 Å². The lowest BCUT2D eigenvalue weighted by Crippen LogP contribution is -2.36. The Labute approximate surface area is 165 Å². The molecule has 29 heavy (non-hydrogen) atoms. The molecule has 2 heterocycles. The Kier molecular flexibility index (Phi) is 4.95. The minimum atomic E-state index is -0.528. The number of amides is 1. The van der Waals surface area contributed by atoms with E-state index >= 15 is 0 Å². The Morgan fingerprint density at radius 3 is 2.69 bits per heavy atom. The Bertz CT molecular complexity index is 1210. The highest BCUT2D eigenvalue weighted by atomic mass is 19.1. The fourth-order valence-electron chi connectivity index (χ4n) is 3.08. The molecule has 0 aliphatic rings. The molecule has 0 spiro atoms. The lowest BCUT2D eigenvalue weighted by Gasteiger charge is -2.22. The van der Waals surface area contributed by atoms with E-state index in [1.807, 2.05) is 31.2 Å². The second kappa shape index (κ2) is 7.71. The van der Waals surface area contributed by atoms with Crippen molar-refractivity contribution in [2.24, 2.45) is 0 Å². The summed E-state index contributed by atoms with van der Waals surface area (Å²) in [4.78, 5) is 31.5. The van der Waals surface area contributed by atoms with Crippen LogP contribution in [0.2, 0.25) is 0 Å². The molecular formula is C22H18FN3O3. The Balaban J connectivity index is 1.67. The van der Waals surface area contributed by atoms with Crippen LogP contribution in [0.3, 0.4) is 0 Å². The van der Waals surface area contributed by atoms with Crippen LogP contribution in [0.1, 0.15) is 11.3 Å². The molecule has 0 aliphatic carbocycles. The first-order chi connectivity index (χ1) is 14.0. The van der Waals surface area contributed by atoms with Crippen LogP contribution in [-0.2, 0) is 17.9 Å². The number of carbonyl (C=O) groups is 1. The molecule has 0 saturated heterocycles. The fraction of sp³-hybridized carbons (Fsp3) is 0.136. The number of nitrogens with zero attached hydrogens (tertiary/aromatic N) is 3. The van der Waals surface area contributed by atoms with Crippen molar-refractivity contribution in [2.75, 3.05) is 4.90 Å². The van der Waals surface area contributed by atoms with E-state index in [1.165, 1.54) is 23.0 Å². The van der Waals surface area contributed by atoms with Gasteiger partial charge < -0.3 is 9.32 Å². The van der Waals surface area contributed by atoms with Gasteiger partial charge in [0.2, 0.25) is 5.91 Å². The predicted molar refractivity (Wildman–Crippen MR) is 107 cm³/mol. The molecule has 4 aromatic rings. The van der Waals surface area contributed by atoms with Crippen LogP contribution in [0.5, 0.6) is 0 Å². The maximum absolute atomic E-state index is 13.5. The second-order valence-electron chi connectivity index (χ2n) is 6.73. The lowest BCUT2D eigenvalue weighted by molar-refractivity contribution is -0.119.